The summed E-state index contributed by atoms with van der Waals surface area (Å²) in [4.78, 5) is 16.2. The van der Waals surface area contributed by atoms with Crippen LogP contribution in [0.25, 0.3) is 0 Å². The molecule has 0 saturated heterocycles. The molecule has 7 heteroatoms. The highest BCUT2D eigenvalue weighted by Crippen LogP contribution is 2.20. The summed E-state index contributed by atoms with van der Waals surface area (Å²) in [5.74, 6) is 1.12. The van der Waals surface area contributed by atoms with Crippen LogP contribution in [0.15, 0.2) is 47.1 Å². The molecule has 2 heterocycles. The van der Waals surface area contributed by atoms with Gasteiger partial charge >= 0.3 is 0 Å². The molecule has 0 aliphatic heterocycles. The highest BCUT2D eigenvalue weighted by atomic mass is 35.5. The third-order valence-electron chi connectivity index (χ3n) is 3.69. The predicted octanol–water partition coefficient (Wildman–Crippen LogP) is 4.17. The number of aryl methyl sites for hydroxylation is 2. The lowest BCUT2D eigenvalue weighted by Gasteiger charge is -2.08. The van der Waals surface area contributed by atoms with Crippen molar-refractivity contribution in [2.24, 2.45) is 0 Å². The number of amides is 1. The van der Waals surface area contributed by atoms with E-state index in [0.29, 0.717) is 23.6 Å². The molecule has 0 saturated carbocycles. The first kappa shape index (κ1) is 17.0. The molecule has 3 rings (SSSR count). The number of hydrogen-bond acceptors (Lipinski definition) is 5. The van der Waals surface area contributed by atoms with Crippen molar-refractivity contribution >= 4 is 23.2 Å². The van der Waals surface area contributed by atoms with Gasteiger partial charge in [-0.2, -0.15) is 0 Å². The molecule has 128 valence electrons. The number of nitrogens with zero attached hydrogens (tertiary/aromatic N) is 2. The second kappa shape index (κ2) is 7.36. The van der Waals surface area contributed by atoms with Crippen LogP contribution in [-0.2, 0) is 6.61 Å². The van der Waals surface area contributed by atoms with E-state index in [1.54, 1.807) is 42.6 Å². The Kier molecular flexibility index (Phi) is 5.00. The van der Waals surface area contributed by atoms with E-state index in [9.17, 15) is 4.79 Å². The number of nitrogens with one attached hydrogen (secondary N) is 1. The summed E-state index contributed by atoms with van der Waals surface area (Å²) < 4.78 is 10.8. The van der Waals surface area contributed by atoms with Crippen molar-refractivity contribution in [3.8, 4) is 5.75 Å². The van der Waals surface area contributed by atoms with Crippen LogP contribution >= 0.6 is 11.6 Å². The lowest BCUT2D eigenvalue weighted by molar-refractivity contribution is 0.102. The van der Waals surface area contributed by atoms with Gasteiger partial charge in [0.25, 0.3) is 5.91 Å². The van der Waals surface area contributed by atoms with Crippen molar-refractivity contribution in [2.75, 3.05) is 5.32 Å². The zero-order chi connectivity index (χ0) is 17.8. The highest BCUT2D eigenvalue weighted by molar-refractivity contribution is 6.32. The topological polar surface area (TPSA) is 77.2 Å². The molecule has 0 bridgehead atoms. The number of benzene rings is 1. The second-order valence-corrected chi connectivity index (χ2v) is 5.77. The molecule has 2 aromatic heterocycles. The number of halogens is 1. The fourth-order valence-electron chi connectivity index (χ4n) is 2.24. The number of pyridine rings is 1. The standard InChI is InChI=1S/C18H16ClN3O3/c1-11-15(12(2)25-22-11)10-24-14-7-5-13(6-8-14)18(23)21-16-4-3-9-20-17(16)19/h3-9H,10H2,1-2H3,(H,21,23). The Morgan fingerprint density at radius 2 is 2.00 bits per heavy atom. The van der Waals surface area contributed by atoms with E-state index < -0.39 is 0 Å². The number of hydrogen-bond donors (Lipinski definition) is 1. The molecule has 1 amide bonds. The molecular formula is C18H16ClN3O3. The lowest BCUT2D eigenvalue weighted by atomic mass is 10.2. The van der Waals surface area contributed by atoms with E-state index in [0.717, 1.165) is 17.0 Å². The highest BCUT2D eigenvalue weighted by Gasteiger charge is 2.11. The molecule has 0 radical (unpaired) electrons. The molecule has 0 fully saturated rings. The summed E-state index contributed by atoms with van der Waals surface area (Å²) in [6, 6.07) is 10.2. The van der Waals surface area contributed by atoms with Crippen LogP contribution in [0.4, 0.5) is 5.69 Å². The summed E-state index contributed by atoms with van der Waals surface area (Å²) in [7, 11) is 0. The van der Waals surface area contributed by atoms with Crippen LogP contribution in [0.1, 0.15) is 27.4 Å². The van der Waals surface area contributed by atoms with Gasteiger partial charge in [-0.1, -0.05) is 16.8 Å². The van der Waals surface area contributed by atoms with Gasteiger partial charge in [0.1, 0.15) is 18.1 Å². The van der Waals surface area contributed by atoms with Crippen LogP contribution in [0.3, 0.4) is 0 Å². The van der Waals surface area contributed by atoms with Crippen molar-refractivity contribution in [3.05, 3.63) is 70.3 Å². The number of ether oxygens (including phenoxy) is 1. The van der Waals surface area contributed by atoms with Crippen molar-refractivity contribution < 1.29 is 14.1 Å². The van der Waals surface area contributed by atoms with E-state index in [2.05, 4.69) is 15.5 Å². The quantitative estimate of drug-likeness (QED) is 0.693. The van der Waals surface area contributed by atoms with Crippen molar-refractivity contribution in [1.29, 1.82) is 0 Å². The molecule has 0 atom stereocenters. The van der Waals surface area contributed by atoms with Crippen LogP contribution in [0.5, 0.6) is 5.75 Å². The molecular weight excluding hydrogens is 342 g/mol. The van der Waals surface area contributed by atoms with Gasteiger partial charge in [-0.05, 0) is 50.2 Å². The van der Waals surface area contributed by atoms with Gasteiger partial charge in [-0.25, -0.2) is 4.98 Å². The minimum atomic E-state index is -0.271. The van der Waals surface area contributed by atoms with E-state index in [4.69, 9.17) is 20.9 Å². The minimum absolute atomic E-state index is 0.246. The van der Waals surface area contributed by atoms with Crippen LogP contribution in [0.2, 0.25) is 5.15 Å². The third-order valence-corrected chi connectivity index (χ3v) is 3.99. The van der Waals surface area contributed by atoms with Crippen molar-refractivity contribution in [3.63, 3.8) is 0 Å². The molecule has 1 aromatic carbocycles. The molecule has 6 nitrogen and oxygen atoms in total. The summed E-state index contributed by atoms with van der Waals surface area (Å²) >= 11 is 5.94. The van der Waals surface area contributed by atoms with Gasteiger partial charge in [0, 0.05) is 11.8 Å². The fraction of sp³-hybridized carbons (Fsp3) is 0.167. The van der Waals surface area contributed by atoms with E-state index >= 15 is 0 Å². The summed E-state index contributed by atoms with van der Waals surface area (Å²) in [6.07, 6.45) is 1.56. The number of rotatable bonds is 5. The molecule has 0 aliphatic rings. The molecule has 0 aliphatic carbocycles. The maximum absolute atomic E-state index is 12.3. The van der Waals surface area contributed by atoms with Crippen LogP contribution < -0.4 is 10.1 Å². The van der Waals surface area contributed by atoms with Crippen LogP contribution in [0, 0.1) is 13.8 Å². The lowest BCUT2D eigenvalue weighted by Crippen LogP contribution is -2.12. The smallest absolute Gasteiger partial charge is 0.255 e. The molecule has 0 unspecified atom stereocenters. The van der Waals surface area contributed by atoms with Gasteiger partial charge in [-0.15, -0.1) is 0 Å². The Hall–Kier alpha value is -2.86. The summed E-state index contributed by atoms with van der Waals surface area (Å²) in [5.41, 5.74) is 2.69. The monoisotopic (exact) mass is 357 g/mol. The average Bonchev–Trinajstić information content (AvgIpc) is 2.93. The van der Waals surface area contributed by atoms with Gasteiger partial charge in [-0.3, -0.25) is 4.79 Å². The summed E-state index contributed by atoms with van der Waals surface area (Å²) in [6.45, 7) is 4.07. The Labute approximate surface area is 149 Å². The zero-order valence-corrected chi connectivity index (χ0v) is 14.5. The first-order chi connectivity index (χ1) is 12.0. The average molecular weight is 358 g/mol. The van der Waals surface area contributed by atoms with Crippen molar-refractivity contribution in [2.45, 2.75) is 20.5 Å². The molecule has 3 aromatic rings. The molecule has 0 spiro atoms. The molecule has 25 heavy (non-hydrogen) atoms. The predicted molar refractivity (Wildman–Crippen MR) is 94.0 cm³/mol. The largest absolute Gasteiger partial charge is 0.489 e. The zero-order valence-electron chi connectivity index (χ0n) is 13.7. The van der Waals surface area contributed by atoms with Gasteiger partial charge in [0.15, 0.2) is 5.15 Å². The number of carbonyl (C=O) groups is 1. The van der Waals surface area contributed by atoms with Crippen molar-refractivity contribution in [1.82, 2.24) is 10.1 Å². The van der Waals surface area contributed by atoms with E-state index in [1.165, 1.54) is 0 Å². The number of carbonyl (C=O) groups excluding carboxylic acids is 1. The first-order valence-corrected chi connectivity index (χ1v) is 7.99. The SMILES string of the molecule is Cc1noc(C)c1COc1ccc(C(=O)Nc2cccnc2Cl)cc1. The van der Waals surface area contributed by atoms with E-state index in [-0.39, 0.29) is 11.1 Å². The van der Waals surface area contributed by atoms with Gasteiger partial charge in [0.2, 0.25) is 0 Å². The normalized spacial score (nSPS) is 10.5. The molecule has 1 N–H and O–H groups in total. The van der Waals surface area contributed by atoms with Crippen LogP contribution in [-0.4, -0.2) is 16.0 Å². The Bertz CT molecular complexity index is 871. The second-order valence-electron chi connectivity index (χ2n) is 5.41. The van der Waals surface area contributed by atoms with Gasteiger partial charge < -0.3 is 14.6 Å². The Balaban J connectivity index is 1.64. The third kappa shape index (κ3) is 3.97. The first-order valence-electron chi connectivity index (χ1n) is 7.61. The Morgan fingerprint density at radius 3 is 2.64 bits per heavy atom. The van der Waals surface area contributed by atoms with E-state index in [1.807, 2.05) is 13.8 Å². The number of anilines is 1. The minimum Gasteiger partial charge on any atom is -0.489 e. The maximum Gasteiger partial charge on any atom is 0.255 e. The Morgan fingerprint density at radius 1 is 1.24 bits per heavy atom. The maximum atomic E-state index is 12.3. The number of aromatic nitrogens is 2. The fourth-order valence-corrected chi connectivity index (χ4v) is 2.41. The summed E-state index contributed by atoms with van der Waals surface area (Å²) in [5, 5.41) is 6.85. The van der Waals surface area contributed by atoms with Gasteiger partial charge in [0.05, 0.1) is 16.9 Å².